The zero-order chi connectivity index (χ0) is 40.3. The Morgan fingerprint density at radius 1 is 0.393 bits per heavy atom. The van der Waals surface area contributed by atoms with Crippen LogP contribution >= 0.6 is 11.3 Å². The number of nitrogens with zero attached hydrogens (tertiary/aromatic N) is 2. The number of furan rings is 1. The van der Waals surface area contributed by atoms with Gasteiger partial charge in [-0.05, 0) is 97.9 Å². The van der Waals surface area contributed by atoms with Gasteiger partial charge in [-0.25, -0.2) is 4.98 Å². The van der Waals surface area contributed by atoms with Crippen LogP contribution in [0.4, 0.5) is 17.1 Å². The summed E-state index contributed by atoms with van der Waals surface area (Å²) >= 11 is 1.73. The summed E-state index contributed by atoms with van der Waals surface area (Å²) in [5.74, 6) is 0. The molecule has 0 bridgehead atoms. The second-order valence-corrected chi connectivity index (χ2v) is 16.5. The van der Waals surface area contributed by atoms with Gasteiger partial charge in [-0.2, -0.15) is 0 Å². The van der Waals surface area contributed by atoms with E-state index < -0.39 is 0 Å². The molecule has 286 valence electrons. The third-order valence-corrected chi connectivity index (χ3v) is 12.9. The molecule has 2 aromatic heterocycles. The van der Waals surface area contributed by atoms with Gasteiger partial charge in [0.1, 0.15) is 16.2 Å². The Kier molecular flexibility index (Phi) is 8.36. The van der Waals surface area contributed by atoms with Crippen LogP contribution in [-0.4, -0.2) is 4.98 Å². The Hall–Kier alpha value is -7.79. The van der Waals surface area contributed by atoms with Crippen LogP contribution in [0.1, 0.15) is 0 Å². The number of para-hydroxylation sites is 1. The molecule has 0 saturated heterocycles. The van der Waals surface area contributed by atoms with Crippen molar-refractivity contribution < 1.29 is 4.42 Å². The number of hydrogen-bond acceptors (Lipinski definition) is 4. The van der Waals surface area contributed by atoms with Crippen LogP contribution in [0.3, 0.4) is 0 Å². The molecule has 0 atom stereocenters. The third kappa shape index (κ3) is 6.07. The van der Waals surface area contributed by atoms with Gasteiger partial charge in [0.25, 0.3) is 0 Å². The molecule has 0 unspecified atom stereocenters. The standard InChI is InChI=1S/C57H36N2OS/c1-2-15-41(16-3-1)57-58-55-53(61-57)36-51-50-23-8-9-26-52(50)60-56(51)54(55)40-29-33-44(34-30-40)59(43-31-27-39(28-32-43)48-24-11-17-37-13-4-6-21-46(37)48)45-20-10-19-42(35-45)49-25-12-18-38-14-5-7-22-47(38)49/h1-36H. The topological polar surface area (TPSA) is 29.3 Å². The summed E-state index contributed by atoms with van der Waals surface area (Å²) in [4.78, 5) is 7.65. The monoisotopic (exact) mass is 796 g/mol. The van der Waals surface area contributed by atoms with E-state index in [1.54, 1.807) is 11.3 Å². The van der Waals surface area contributed by atoms with Gasteiger partial charge < -0.3 is 9.32 Å². The Morgan fingerprint density at radius 3 is 1.66 bits per heavy atom. The summed E-state index contributed by atoms with van der Waals surface area (Å²) in [6.07, 6.45) is 0. The maximum absolute atomic E-state index is 6.69. The van der Waals surface area contributed by atoms with E-state index in [1.165, 1.54) is 43.8 Å². The molecule has 0 aliphatic heterocycles. The first-order valence-corrected chi connectivity index (χ1v) is 21.4. The highest BCUT2D eigenvalue weighted by Crippen LogP contribution is 2.46. The number of aromatic nitrogens is 1. The average molecular weight is 797 g/mol. The number of hydrogen-bond donors (Lipinski definition) is 0. The summed E-state index contributed by atoms with van der Waals surface area (Å²) in [5, 5.41) is 8.15. The fourth-order valence-corrected chi connectivity index (χ4v) is 10.0. The molecule has 4 heteroatoms. The van der Waals surface area contributed by atoms with Crippen molar-refractivity contribution in [3.05, 3.63) is 218 Å². The molecule has 0 amide bonds. The molecule has 61 heavy (non-hydrogen) atoms. The van der Waals surface area contributed by atoms with Crippen molar-refractivity contribution in [3.8, 4) is 44.0 Å². The predicted octanol–water partition coefficient (Wildman–Crippen LogP) is 16.6. The minimum absolute atomic E-state index is 0.857. The van der Waals surface area contributed by atoms with Crippen LogP contribution < -0.4 is 4.90 Å². The van der Waals surface area contributed by atoms with E-state index in [4.69, 9.17) is 9.40 Å². The molecule has 3 nitrogen and oxygen atoms in total. The first-order valence-electron chi connectivity index (χ1n) is 20.6. The number of thiazole rings is 1. The Morgan fingerprint density at radius 2 is 0.951 bits per heavy atom. The Bertz CT molecular complexity index is 3570. The zero-order valence-corrected chi connectivity index (χ0v) is 33.8. The molecule has 0 N–H and O–H groups in total. The van der Waals surface area contributed by atoms with E-state index in [9.17, 15) is 0 Å². The van der Waals surface area contributed by atoms with Gasteiger partial charge in [0.05, 0.1) is 15.8 Å². The summed E-state index contributed by atoms with van der Waals surface area (Å²) in [5.41, 5.74) is 13.8. The van der Waals surface area contributed by atoms with Crippen LogP contribution in [0.2, 0.25) is 0 Å². The fraction of sp³-hybridized carbons (Fsp3) is 0. The molecule has 0 aliphatic carbocycles. The normalized spacial score (nSPS) is 11.6. The SMILES string of the molecule is c1ccc(-c2nc3c(-c4ccc(N(c5ccc(-c6cccc7ccccc67)cc5)c5cccc(-c6cccc7ccccc67)c5)cc4)c4oc5ccccc5c4cc3s2)cc1. The van der Waals surface area contributed by atoms with Gasteiger partial charge in [-0.1, -0.05) is 170 Å². The molecule has 0 fully saturated rings. The van der Waals surface area contributed by atoms with Crippen molar-refractivity contribution in [1.29, 1.82) is 0 Å². The van der Waals surface area contributed by atoms with Gasteiger partial charge >= 0.3 is 0 Å². The maximum atomic E-state index is 6.69. The minimum Gasteiger partial charge on any atom is -0.455 e. The number of fused-ring (bicyclic) bond motifs is 6. The fourth-order valence-electron chi connectivity index (χ4n) is 9.00. The third-order valence-electron chi connectivity index (χ3n) is 11.9. The Balaban J connectivity index is 1.02. The first kappa shape index (κ1) is 35.2. The lowest BCUT2D eigenvalue weighted by molar-refractivity contribution is 0.670. The van der Waals surface area contributed by atoms with Crippen molar-refractivity contribution in [2.45, 2.75) is 0 Å². The molecular formula is C57H36N2OS. The van der Waals surface area contributed by atoms with Crippen LogP contribution in [0.5, 0.6) is 0 Å². The van der Waals surface area contributed by atoms with Gasteiger partial charge in [-0.3, -0.25) is 0 Å². The lowest BCUT2D eigenvalue weighted by atomic mass is 9.97. The van der Waals surface area contributed by atoms with Crippen LogP contribution in [0, 0.1) is 0 Å². The predicted molar refractivity (Wildman–Crippen MR) is 258 cm³/mol. The molecule has 12 rings (SSSR count). The van der Waals surface area contributed by atoms with Crippen molar-refractivity contribution >= 4 is 82.1 Å². The van der Waals surface area contributed by atoms with Gasteiger partial charge in [0.2, 0.25) is 0 Å². The highest BCUT2D eigenvalue weighted by atomic mass is 32.1. The summed E-state index contributed by atoms with van der Waals surface area (Å²) in [6, 6.07) is 78.1. The maximum Gasteiger partial charge on any atom is 0.145 e. The van der Waals surface area contributed by atoms with E-state index in [1.807, 2.05) is 12.1 Å². The molecule has 12 aromatic rings. The van der Waals surface area contributed by atoms with Crippen molar-refractivity contribution in [2.24, 2.45) is 0 Å². The lowest BCUT2D eigenvalue weighted by Gasteiger charge is -2.26. The first-order chi connectivity index (χ1) is 30.2. The van der Waals surface area contributed by atoms with Crippen LogP contribution in [0.15, 0.2) is 223 Å². The number of anilines is 3. The average Bonchev–Trinajstić information content (AvgIpc) is 3.93. The zero-order valence-electron chi connectivity index (χ0n) is 33.0. The molecule has 0 spiro atoms. The minimum atomic E-state index is 0.857. The van der Waals surface area contributed by atoms with E-state index in [0.717, 1.165) is 70.9 Å². The molecule has 2 heterocycles. The summed E-state index contributed by atoms with van der Waals surface area (Å²) in [7, 11) is 0. The van der Waals surface area contributed by atoms with Crippen molar-refractivity contribution in [3.63, 3.8) is 0 Å². The molecule has 0 radical (unpaired) electrons. The van der Waals surface area contributed by atoms with Crippen LogP contribution in [0.25, 0.3) is 97.7 Å². The smallest absolute Gasteiger partial charge is 0.145 e. The molecule has 10 aromatic carbocycles. The Labute approximate surface area is 357 Å². The number of rotatable bonds is 7. The van der Waals surface area contributed by atoms with Crippen molar-refractivity contribution in [2.75, 3.05) is 4.90 Å². The highest BCUT2D eigenvalue weighted by molar-refractivity contribution is 7.21. The molecular weight excluding hydrogens is 761 g/mol. The highest BCUT2D eigenvalue weighted by Gasteiger charge is 2.21. The van der Waals surface area contributed by atoms with E-state index in [-0.39, 0.29) is 0 Å². The van der Waals surface area contributed by atoms with E-state index in [2.05, 4.69) is 211 Å². The second kappa shape index (κ2) is 14.5. The summed E-state index contributed by atoms with van der Waals surface area (Å²) in [6.45, 7) is 0. The van der Waals surface area contributed by atoms with E-state index in [0.29, 0.717) is 0 Å². The lowest BCUT2D eigenvalue weighted by Crippen LogP contribution is -2.10. The van der Waals surface area contributed by atoms with Crippen LogP contribution in [-0.2, 0) is 0 Å². The second-order valence-electron chi connectivity index (χ2n) is 15.5. The molecule has 0 aliphatic rings. The molecule has 0 saturated carbocycles. The van der Waals surface area contributed by atoms with Crippen molar-refractivity contribution in [1.82, 2.24) is 4.98 Å². The number of benzene rings is 10. The quantitative estimate of drug-likeness (QED) is 0.161. The van der Waals surface area contributed by atoms with Gasteiger partial charge in [-0.15, -0.1) is 11.3 Å². The van der Waals surface area contributed by atoms with Gasteiger partial charge in [0.15, 0.2) is 0 Å². The summed E-state index contributed by atoms with van der Waals surface area (Å²) < 4.78 is 7.83. The van der Waals surface area contributed by atoms with E-state index >= 15 is 0 Å². The largest absolute Gasteiger partial charge is 0.455 e. The van der Waals surface area contributed by atoms with Gasteiger partial charge in [0, 0.05) is 33.4 Å².